The van der Waals surface area contributed by atoms with Crippen LogP contribution in [0.4, 0.5) is 23.5 Å². The number of anilines is 4. The van der Waals surface area contributed by atoms with E-state index in [0.717, 1.165) is 55.9 Å². The van der Waals surface area contributed by atoms with E-state index < -0.39 is 0 Å². The fourth-order valence-electron chi connectivity index (χ4n) is 5.71. The van der Waals surface area contributed by atoms with Crippen LogP contribution in [0.15, 0.2) is 48.8 Å². The predicted molar refractivity (Wildman–Crippen MR) is 188 cm³/mol. The van der Waals surface area contributed by atoms with Gasteiger partial charge < -0.3 is 21.3 Å². The van der Waals surface area contributed by atoms with Crippen molar-refractivity contribution >= 4 is 58.3 Å². The van der Waals surface area contributed by atoms with Crippen LogP contribution in [0.5, 0.6) is 0 Å². The number of hydrogen-bond acceptors (Lipinski definition) is 10. The molecule has 0 spiro atoms. The van der Waals surface area contributed by atoms with Crippen molar-refractivity contribution in [1.29, 1.82) is 0 Å². The number of carbonyl (C=O) groups excluding carboxylic acids is 2. The number of nitrogens with two attached hydrogens (primary N) is 2. The number of nitrogen functional groups attached to an aromatic ring is 2. The van der Waals surface area contributed by atoms with E-state index >= 15 is 0 Å². The number of nitrogens with zero attached hydrogens (tertiary/aromatic N) is 6. The molecule has 4 aromatic rings. The van der Waals surface area contributed by atoms with Crippen molar-refractivity contribution in [2.45, 2.75) is 58.8 Å². The number of hydrogen-bond donors (Lipinski definition) is 2. The average Bonchev–Trinajstić information content (AvgIpc) is 3.06. The van der Waals surface area contributed by atoms with Gasteiger partial charge in [0, 0.05) is 98.3 Å². The van der Waals surface area contributed by atoms with Crippen LogP contribution < -0.4 is 21.3 Å². The third kappa shape index (κ3) is 8.96. The van der Waals surface area contributed by atoms with Gasteiger partial charge >= 0.3 is 0 Å². The minimum absolute atomic E-state index is 0.246. The fourth-order valence-corrected chi connectivity index (χ4v) is 6.29. The summed E-state index contributed by atoms with van der Waals surface area (Å²) in [4.78, 5) is 44.3. The Morgan fingerprint density at radius 1 is 0.681 bits per heavy atom. The molecular weight excluding hydrogens is 635 g/mol. The lowest BCUT2D eigenvalue weighted by Gasteiger charge is -2.28. The van der Waals surface area contributed by atoms with Crippen molar-refractivity contribution in [1.82, 2.24) is 19.9 Å². The van der Waals surface area contributed by atoms with Gasteiger partial charge in [0.25, 0.3) is 0 Å². The number of Topliss-reactive ketones (excluding diaryl/α,β-unsaturated/α-hetero) is 2. The van der Waals surface area contributed by atoms with Gasteiger partial charge in [0.1, 0.15) is 23.2 Å². The van der Waals surface area contributed by atoms with Crippen molar-refractivity contribution in [3.05, 3.63) is 92.2 Å². The molecule has 0 atom stereocenters. The second-order valence-corrected chi connectivity index (χ2v) is 12.7. The molecular formula is C35H40Cl2N8O2. The summed E-state index contributed by atoms with van der Waals surface area (Å²) in [5, 5.41) is 1.49. The van der Waals surface area contributed by atoms with Crippen LogP contribution >= 0.6 is 23.2 Å². The molecule has 2 fully saturated rings. The Morgan fingerprint density at radius 3 is 1.55 bits per heavy atom. The largest absolute Gasteiger partial charge is 0.368 e. The number of rotatable bonds is 7. The molecule has 0 unspecified atom stereocenters. The van der Waals surface area contributed by atoms with Gasteiger partial charge in [-0.1, -0.05) is 54.4 Å². The van der Waals surface area contributed by atoms with Crippen LogP contribution in [0.25, 0.3) is 0 Å². The summed E-state index contributed by atoms with van der Waals surface area (Å²) in [6, 6.07) is 12.2. The highest BCUT2D eigenvalue weighted by Crippen LogP contribution is 2.29. The van der Waals surface area contributed by atoms with Crippen molar-refractivity contribution in [3.63, 3.8) is 0 Å². The molecule has 2 aliphatic rings. The van der Waals surface area contributed by atoms with Crippen molar-refractivity contribution in [3.8, 4) is 0 Å². The highest BCUT2D eigenvalue weighted by Gasteiger charge is 2.22. The SMILES string of the molecule is CCc1ccc(Cc2cnc(N)nc2N2CCC(=O)CC2)c(Cl)c1.Cc1ccc(Cc2cnc(N)nc2N2CCC(=O)CC2)c(Cl)c1. The molecule has 0 bridgehead atoms. The van der Waals surface area contributed by atoms with Gasteiger partial charge in [0.05, 0.1) is 0 Å². The average molecular weight is 676 g/mol. The summed E-state index contributed by atoms with van der Waals surface area (Å²) in [6.45, 7) is 6.80. The Kier molecular flexibility index (Phi) is 11.3. The molecule has 2 saturated heterocycles. The van der Waals surface area contributed by atoms with Crippen LogP contribution in [-0.4, -0.2) is 57.7 Å². The Morgan fingerprint density at radius 2 is 1.13 bits per heavy atom. The Bertz CT molecular complexity index is 1750. The summed E-state index contributed by atoms with van der Waals surface area (Å²) in [7, 11) is 0. The van der Waals surface area contributed by atoms with E-state index in [1.807, 2.05) is 31.2 Å². The van der Waals surface area contributed by atoms with Gasteiger partial charge in [-0.2, -0.15) is 9.97 Å². The highest BCUT2D eigenvalue weighted by molar-refractivity contribution is 6.31. The first-order chi connectivity index (χ1) is 22.6. The molecule has 0 radical (unpaired) electrons. The Balaban J connectivity index is 0.000000185. The minimum atomic E-state index is 0.246. The number of aryl methyl sites for hydroxylation is 2. The summed E-state index contributed by atoms with van der Waals surface area (Å²) < 4.78 is 0. The molecule has 0 aliphatic carbocycles. The van der Waals surface area contributed by atoms with Crippen molar-refractivity contribution in [2.75, 3.05) is 47.4 Å². The number of ketones is 2. The molecule has 0 saturated carbocycles. The molecule has 2 aromatic carbocycles. The van der Waals surface area contributed by atoms with E-state index in [9.17, 15) is 9.59 Å². The first-order valence-corrected chi connectivity index (χ1v) is 16.6. The molecule has 4 N–H and O–H groups in total. The lowest BCUT2D eigenvalue weighted by atomic mass is 10.0. The number of halogens is 2. The fraction of sp³-hybridized carbons (Fsp3) is 0.371. The number of carbonyl (C=O) groups is 2. The number of piperidine rings is 2. The van der Waals surface area contributed by atoms with Crippen LogP contribution in [-0.2, 0) is 28.9 Å². The van der Waals surface area contributed by atoms with E-state index in [2.05, 4.69) is 48.8 Å². The van der Waals surface area contributed by atoms with Gasteiger partial charge in [0.2, 0.25) is 11.9 Å². The maximum atomic E-state index is 11.5. The quantitative estimate of drug-likeness (QED) is 0.246. The molecule has 12 heteroatoms. The minimum Gasteiger partial charge on any atom is -0.368 e. The summed E-state index contributed by atoms with van der Waals surface area (Å²) in [5.41, 5.74) is 17.9. The van der Waals surface area contributed by atoms with Crippen molar-refractivity contribution in [2.24, 2.45) is 0 Å². The Hall–Kier alpha value is -4.28. The molecule has 246 valence electrons. The first kappa shape index (κ1) is 34.1. The summed E-state index contributed by atoms with van der Waals surface area (Å²) in [5.74, 6) is 2.71. The zero-order valence-electron chi connectivity index (χ0n) is 26.8. The number of aromatic nitrogens is 4. The normalized spacial score (nSPS) is 15.0. The third-order valence-electron chi connectivity index (χ3n) is 8.46. The molecule has 2 aromatic heterocycles. The predicted octanol–water partition coefficient (Wildman–Crippen LogP) is 5.82. The maximum Gasteiger partial charge on any atom is 0.221 e. The maximum absolute atomic E-state index is 11.5. The van der Waals surface area contributed by atoms with E-state index in [1.54, 1.807) is 12.4 Å². The van der Waals surface area contributed by atoms with Gasteiger partial charge in [0.15, 0.2) is 0 Å². The third-order valence-corrected chi connectivity index (χ3v) is 9.16. The van der Waals surface area contributed by atoms with Crippen LogP contribution in [0.2, 0.25) is 10.0 Å². The highest BCUT2D eigenvalue weighted by atomic mass is 35.5. The molecule has 0 amide bonds. The number of benzene rings is 2. The van der Waals surface area contributed by atoms with E-state index in [-0.39, 0.29) is 11.9 Å². The van der Waals surface area contributed by atoms with Crippen LogP contribution in [0.1, 0.15) is 66.0 Å². The van der Waals surface area contributed by atoms with Crippen LogP contribution in [0.3, 0.4) is 0 Å². The molecule has 10 nitrogen and oxygen atoms in total. The summed E-state index contributed by atoms with van der Waals surface area (Å²) >= 11 is 12.8. The van der Waals surface area contributed by atoms with E-state index in [0.29, 0.717) is 76.3 Å². The van der Waals surface area contributed by atoms with Gasteiger partial charge in [-0.3, -0.25) is 9.59 Å². The molecule has 6 rings (SSSR count). The zero-order valence-corrected chi connectivity index (χ0v) is 28.3. The standard InChI is InChI=1S/C18H21ClN4O.C17H19ClN4O/c1-2-12-3-4-13(16(19)9-12)10-14-11-21-18(20)22-17(14)23-7-5-15(24)6-8-23;1-11-2-3-12(15(18)8-11)9-13-10-20-17(19)21-16(13)22-6-4-14(23)5-7-22/h3-4,9,11H,2,5-8,10H2,1H3,(H2,20,21,22);2-3,8,10H,4-7,9H2,1H3,(H2,19,20,21). The van der Waals surface area contributed by atoms with Gasteiger partial charge in [-0.05, 0) is 47.7 Å². The lowest BCUT2D eigenvalue weighted by Crippen LogP contribution is -2.35. The molecule has 47 heavy (non-hydrogen) atoms. The van der Waals surface area contributed by atoms with Gasteiger partial charge in [-0.15, -0.1) is 0 Å². The first-order valence-electron chi connectivity index (χ1n) is 15.9. The second-order valence-electron chi connectivity index (χ2n) is 11.9. The monoisotopic (exact) mass is 674 g/mol. The van der Waals surface area contributed by atoms with Gasteiger partial charge in [-0.25, -0.2) is 9.97 Å². The zero-order chi connectivity index (χ0) is 33.5. The smallest absolute Gasteiger partial charge is 0.221 e. The topological polar surface area (TPSA) is 144 Å². The molecule has 4 heterocycles. The summed E-state index contributed by atoms with van der Waals surface area (Å²) in [6.07, 6.45) is 7.95. The van der Waals surface area contributed by atoms with E-state index in [4.69, 9.17) is 34.7 Å². The van der Waals surface area contributed by atoms with E-state index in [1.165, 1.54) is 5.56 Å². The second kappa shape index (κ2) is 15.5. The molecule has 2 aliphatic heterocycles. The Labute approximate surface area is 285 Å². The lowest BCUT2D eigenvalue weighted by molar-refractivity contribution is -0.120. The van der Waals surface area contributed by atoms with Crippen molar-refractivity contribution < 1.29 is 9.59 Å². The van der Waals surface area contributed by atoms with Crippen LogP contribution in [0, 0.1) is 6.92 Å².